The smallest absolute Gasteiger partial charge is 0.420 e. The van der Waals surface area contributed by atoms with Gasteiger partial charge in [0.05, 0.1) is 17.6 Å². The maximum absolute atomic E-state index is 13.0. The molecular formula is C22H26F4N2O4S. The van der Waals surface area contributed by atoms with E-state index in [4.69, 9.17) is 0 Å². The number of ether oxygens (including phenoxy) is 1. The Kier molecular flexibility index (Phi) is 9.66. The Morgan fingerprint density at radius 3 is 2.24 bits per heavy atom. The lowest BCUT2D eigenvalue weighted by atomic mass is 9.96. The Balaban J connectivity index is 0.000000294. The summed E-state index contributed by atoms with van der Waals surface area (Å²) in [6.07, 6.45) is 0.250. The molecule has 0 aromatic heterocycles. The number of carbonyl (C=O) groups is 1. The lowest BCUT2D eigenvalue weighted by molar-refractivity contribution is -0.138. The van der Waals surface area contributed by atoms with E-state index in [1.807, 2.05) is 0 Å². The first kappa shape index (κ1) is 26.6. The molecule has 0 saturated heterocycles. The highest BCUT2D eigenvalue weighted by Gasteiger charge is 2.36. The number of alkyl halides is 3. The van der Waals surface area contributed by atoms with Gasteiger partial charge < -0.3 is 10.1 Å². The number of rotatable bonds is 7. The molecule has 0 unspecified atom stereocenters. The van der Waals surface area contributed by atoms with Crippen molar-refractivity contribution in [3.05, 3.63) is 59.4 Å². The Bertz CT molecular complexity index is 1010. The number of carbonyl (C=O) groups excluding carboxylic acids is 1. The van der Waals surface area contributed by atoms with Gasteiger partial charge in [0.15, 0.2) is 0 Å². The number of benzene rings is 2. The Morgan fingerprint density at radius 1 is 1.06 bits per heavy atom. The second-order valence-electron chi connectivity index (χ2n) is 7.44. The molecule has 182 valence electrons. The van der Waals surface area contributed by atoms with Crippen LogP contribution in [0.25, 0.3) is 0 Å². The third-order valence-corrected chi connectivity index (χ3v) is 6.53. The molecule has 6 nitrogen and oxygen atoms in total. The third-order valence-electron chi connectivity index (χ3n) is 5.02. The third kappa shape index (κ3) is 8.32. The summed E-state index contributed by atoms with van der Waals surface area (Å²) < 4.78 is 82.9. The fraction of sp³-hybridized carbons (Fsp3) is 0.409. The number of halogens is 4. The minimum Gasteiger partial charge on any atom is -0.496 e. The fourth-order valence-electron chi connectivity index (χ4n) is 3.35. The molecule has 1 amide bonds. The van der Waals surface area contributed by atoms with Gasteiger partial charge in [-0.1, -0.05) is 31.4 Å². The fourth-order valence-corrected chi connectivity index (χ4v) is 4.68. The van der Waals surface area contributed by atoms with Gasteiger partial charge in [-0.25, -0.2) is 17.5 Å². The van der Waals surface area contributed by atoms with Gasteiger partial charge in [0, 0.05) is 12.6 Å². The van der Waals surface area contributed by atoms with Crippen LogP contribution in [0.3, 0.4) is 0 Å². The molecule has 11 heteroatoms. The maximum atomic E-state index is 13.0. The lowest BCUT2D eigenvalue weighted by Crippen LogP contribution is -2.36. The van der Waals surface area contributed by atoms with Gasteiger partial charge in [-0.15, -0.1) is 0 Å². The predicted molar refractivity (Wildman–Crippen MR) is 114 cm³/mol. The number of amides is 1. The molecule has 2 aromatic carbocycles. The summed E-state index contributed by atoms with van der Waals surface area (Å²) in [5, 5.41) is 2.48. The minimum atomic E-state index is -4.68. The topological polar surface area (TPSA) is 84.5 Å². The van der Waals surface area contributed by atoms with E-state index in [0.29, 0.717) is 31.9 Å². The van der Waals surface area contributed by atoms with E-state index in [2.05, 4.69) is 14.8 Å². The van der Waals surface area contributed by atoms with Crippen molar-refractivity contribution in [3.63, 3.8) is 0 Å². The number of hydrogen-bond acceptors (Lipinski definition) is 4. The van der Waals surface area contributed by atoms with Crippen molar-refractivity contribution in [1.29, 1.82) is 0 Å². The van der Waals surface area contributed by atoms with Crippen LogP contribution in [0.1, 0.15) is 43.2 Å². The van der Waals surface area contributed by atoms with E-state index in [9.17, 15) is 30.8 Å². The van der Waals surface area contributed by atoms with Crippen molar-refractivity contribution < 1.29 is 35.5 Å². The van der Waals surface area contributed by atoms with Crippen LogP contribution < -0.4 is 14.8 Å². The monoisotopic (exact) mass is 490 g/mol. The Morgan fingerprint density at radius 2 is 1.70 bits per heavy atom. The van der Waals surface area contributed by atoms with E-state index in [0.717, 1.165) is 44.1 Å². The quantitative estimate of drug-likeness (QED) is 0.445. The molecule has 0 atom stereocenters. The van der Waals surface area contributed by atoms with E-state index >= 15 is 0 Å². The summed E-state index contributed by atoms with van der Waals surface area (Å²) in [5.41, 5.74) is -0.208. The summed E-state index contributed by atoms with van der Waals surface area (Å²) in [6.45, 7) is 0.448. The highest BCUT2D eigenvalue weighted by Crippen LogP contribution is 2.37. The van der Waals surface area contributed by atoms with Gasteiger partial charge in [0.25, 0.3) is 0 Å². The van der Waals surface area contributed by atoms with E-state index in [1.54, 1.807) is 12.1 Å². The number of methoxy groups -OCH3 is 1. The zero-order valence-electron chi connectivity index (χ0n) is 18.0. The molecule has 2 N–H and O–H groups in total. The van der Waals surface area contributed by atoms with E-state index in [1.165, 1.54) is 12.1 Å². The van der Waals surface area contributed by atoms with E-state index < -0.39 is 32.4 Å². The van der Waals surface area contributed by atoms with Crippen LogP contribution in [-0.2, 0) is 27.5 Å². The van der Waals surface area contributed by atoms with Gasteiger partial charge >= 0.3 is 6.18 Å². The van der Waals surface area contributed by atoms with Gasteiger partial charge in [-0.3, -0.25) is 4.79 Å². The van der Waals surface area contributed by atoms with E-state index in [-0.39, 0.29) is 11.9 Å². The second kappa shape index (κ2) is 12.0. The largest absolute Gasteiger partial charge is 0.496 e. The molecule has 0 heterocycles. The summed E-state index contributed by atoms with van der Waals surface area (Å²) >= 11 is 0. The Hall–Kier alpha value is -2.66. The van der Waals surface area contributed by atoms with Gasteiger partial charge in [-0.05, 0) is 48.7 Å². The lowest BCUT2D eigenvalue weighted by Gasteiger charge is -2.23. The van der Waals surface area contributed by atoms with Crippen LogP contribution in [0.2, 0.25) is 0 Å². The first-order valence-corrected chi connectivity index (χ1v) is 11.7. The minimum absolute atomic E-state index is 0.213. The van der Waals surface area contributed by atoms with Gasteiger partial charge in [-0.2, -0.15) is 13.2 Å². The zero-order valence-corrected chi connectivity index (χ0v) is 18.8. The molecule has 0 radical (unpaired) electrons. The molecule has 0 aliphatic heterocycles. The summed E-state index contributed by atoms with van der Waals surface area (Å²) in [6, 6.07) is 8.54. The first-order valence-electron chi connectivity index (χ1n) is 10.3. The summed E-state index contributed by atoms with van der Waals surface area (Å²) in [4.78, 5) is 9.46. The first-order chi connectivity index (χ1) is 15.6. The van der Waals surface area contributed by atoms with Crippen LogP contribution in [0, 0.1) is 5.82 Å². The summed E-state index contributed by atoms with van der Waals surface area (Å²) in [7, 11) is -2.86. The molecule has 1 fully saturated rings. The van der Waals surface area contributed by atoms with Crippen LogP contribution in [-0.4, -0.2) is 28.0 Å². The normalized spacial score (nSPS) is 14.7. The molecule has 1 aliphatic rings. The number of nitrogens with one attached hydrogen (secondary N) is 2. The average Bonchev–Trinajstić information content (AvgIpc) is 2.78. The molecule has 1 aliphatic carbocycles. The van der Waals surface area contributed by atoms with Crippen molar-refractivity contribution >= 4 is 16.4 Å². The highest BCUT2D eigenvalue weighted by molar-refractivity contribution is 7.89. The molecule has 3 rings (SSSR count). The van der Waals surface area contributed by atoms with Crippen LogP contribution in [0.4, 0.5) is 17.6 Å². The zero-order chi connectivity index (χ0) is 24.5. The van der Waals surface area contributed by atoms with Gasteiger partial charge in [0.2, 0.25) is 16.4 Å². The van der Waals surface area contributed by atoms with Crippen molar-refractivity contribution in [1.82, 2.24) is 10.0 Å². The standard InChI is InChI=1S/C14H18F3NO3S.C8H8FNO/c1-21-13-8-7-11(9-12(13)14(15,16)17)22(19,20)18-10-5-3-2-4-6-10;9-8-3-1-7(2-4-8)5-10-6-11/h7-10,18H,2-6H2,1H3;1-4,6H,5H2,(H,10,11). The van der Waals surface area contributed by atoms with Crippen LogP contribution >= 0.6 is 0 Å². The maximum Gasteiger partial charge on any atom is 0.420 e. The molecular weight excluding hydrogens is 464 g/mol. The van der Waals surface area contributed by atoms with Crippen molar-refractivity contribution in [2.24, 2.45) is 0 Å². The molecule has 2 aromatic rings. The molecule has 0 spiro atoms. The molecule has 0 bridgehead atoms. The molecule has 1 saturated carbocycles. The SMILES string of the molecule is COc1ccc(S(=O)(=O)NC2CCCCC2)cc1C(F)(F)F.O=CNCc1ccc(F)cc1. The van der Waals surface area contributed by atoms with Crippen molar-refractivity contribution in [2.45, 2.75) is 55.8 Å². The number of hydrogen-bond donors (Lipinski definition) is 2. The van der Waals surface area contributed by atoms with Crippen LogP contribution in [0.5, 0.6) is 5.75 Å². The van der Waals surface area contributed by atoms with Crippen LogP contribution in [0.15, 0.2) is 47.4 Å². The average molecular weight is 491 g/mol. The summed E-state index contributed by atoms with van der Waals surface area (Å²) in [5.74, 6) is -0.663. The number of sulfonamides is 1. The predicted octanol–water partition coefficient (Wildman–Crippen LogP) is 4.40. The second-order valence-corrected chi connectivity index (χ2v) is 9.16. The Labute approximate surface area is 190 Å². The van der Waals surface area contributed by atoms with Crippen molar-refractivity contribution in [2.75, 3.05) is 7.11 Å². The van der Waals surface area contributed by atoms with Gasteiger partial charge in [0.1, 0.15) is 11.6 Å². The van der Waals surface area contributed by atoms with Crippen molar-refractivity contribution in [3.8, 4) is 5.75 Å². The highest BCUT2D eigenvalue weighted by atomic mass is 32.2. The molecule has 33 heavy (non-hydrogen) atoms.